The topological polar surface area (TPSA) is 41.3 Å². The number of likely N-dealkylation sites (N-methyl/N-ethyl adjacent to an activating group) is 1. The molecular formula is C15H22FN3O. The minimum Gasteiger partial charge on any atom is -0.389 e. The first kappa shape index (κ1) is 14.9. The normalized spacial score (nSPS) is 12.6. The van der Waals surface area contributed by atoms with Crippen LogP contribution in [0.1, 0.15) is 26.6 Å². The SMILES string of the molecule is CCn1c(CN(C)CC(C)(C)O)nc2cc(F)ccc21. The van der Waals surface area contributed by atoms with Crippen LogP contribution in [0.4, 0.5) is 4.39 Å². The molecule has 0 aliphatic heterocycles. The third-order valence-electron chi connectivity index (χ3n) is 3.17. The minimum atomic E-state index is -0.746. The molecule has 110 valence electrons. The van der Waals surface area contributed by atoms with Gasteiger partial charge in [0.15, 0.2) is 0 Å². The zero-order valence-electron chi connectivity index (χ0n) is 12.5. The first-order valence-electron chi connectivity index (χ1n) is 6.86. The number of halogens is 1. The summed E-state index contributed by atoms with van der Waals surface area (Å²) < 4.78 is 15.4. The maximum Gasteiger partial charge on any atom is 0.125 e. The highest BCUT2D eigenvalue weighted by Crippen LogP contribution is 2.19. The highest BCUT2D eigenvalue weighted by atomic mass is 19.1. The van der Waals surface area contributed by atoms with Crippen LogP contribution >= 0.6 is 0 Å². The van der Waals surface area contributed by atoms with Gasteiger partial charge < -0.3 is 9.67 Å². The van der Waals surface area contributed by atoms with E-state index in [0.29, 0.717) is 18.6 Å². The number of hydrogen-bond acceptors (Lipinski definition) is 3. The fourth-order valence-electron chi connectivity index (χ4n) is 2.58. The fraction of sp³-hybridized carbons (Fsp3) is 0.533. The molecule has 2 aromatic rings. The lowest BCUT2D eigenvalue weighted by molar-refractivity contribution is 0.0415. The van der Waals surface area contributed by atoms with Crippen LogP contribution in [0.25, 0.3) is 11.0 Å². The van der Waals surface area contributed by atoms with E-state index in [1.54, 1.807) is 19.9 Å². The highest BCUT2D eigenvalue weighted by molar-refractivity contribution is 5.76. The van der Waals surface area contributed by atoms with Gasteiger partial charge in [0.05, 0.1) is 23.2 Å². The molecule has 0 spiro atoms. The summed E-state index contributed by atoms with van der Waals surface area (Å²) in [5.41, 5.74) is 0.878. The van der Waals surface area contributed by atoms with Gasteiger partial charge in [0.2, 0.25) is 0 Å². The predicted octanol–water partition coefficient (Wildman–Crippen LogP) is 2.40. The van der Waals surface area contributed by atoms with Crippen molar-refractivity contribution in [3.63, 3.8) is 0 Å². The predicted molar refractivity (Wildman–Crippen MR) is 78.0 cm³/mol. The van der Waals surface area contributed by atoms with Gasteiger partial charge in [-0.3, -0.25) is 4.90 Å². The van der Waals surface area contributed by atoms with Crippen LogP contribution in [0.3, 0.4) is 0 Å². The van der Waals surface area contributed by atoms with Gasteiger partial charge in [-0.2, -0.15) is 0 Å². The first-order valence-corrected chi connectivity index (χ1v) is 6.86. The van der Waals surface area contributed by atoms with E-state index in [4.69, 9.17) is 0 Å². The number of nitrogens with zero attached hydrogens (tertiary/aromatic N) is 3. The van der Waals surface area contributed by atoms with Crippen molar-refractivity contribution in [2.24, 2.45) is 0 Å². The monoisotopic (exact) mass is 279 g/mol. The maximum atomic E-state index is 13.3. The highest BCUT2D eigenvalue weighted by Gasteiger charge is 2.18. The van der Waals surface area contributed by atoms with Crippen molar-refractivity contribution < 1.29 is 9.50 Å². The average molecular weight is 279 g/mol. The Balaban J connectivity index is 2.29. The lowest BCUT2D eigenvalue weighted by Gasteiger charge is -2.25. The Bertz CT molecular complexity index is 601. The van der Waals surface area contributed by atoms with Crippen molar-refractivity contribution in [2.75, 3.05) is 13.6 Å². The molecule has 0 saturated carbocycles. The molecule has 1 aromatic carbocycles. The summed E-state index contributed by atoms with van der Waals surface area (Å²) in [5.74, 6) is 0.620. The third-order valence-corrected chi connectivity index (χ3v) is 3.17. The van der Waals surface area contributed by atoms with Gasteiger partial charge in [0, 0.05) is 19.2 Å². The first-order chi connectivity index (χ1) is 9.30. The number of rotatable bonds is 5. The van der Waals surface area contributed by atoms with Crippen LogP contribution in [-0.4, -0.2) is 38.8 Å². The van der Waals surface area contributed by atoms with Gasteiger partial charge in [0.25, 0.3) is 0 Å². The molecule has 0 aliphatic carbocycles. The zero-order chi connectivity index (χ0) is 14.9. The molecule has 0 saturated heterocycles. The molecule has 20 heavy (non-hydrogen) atoms. The summed E-state index contributed by atoms with van der Waals surface area (Å²) in [5, 5.41) is 9.85. The van der Waals surface area contributed by atoms with E-state index in [2.05, 4.69) is 9.55 Å². The standard InChI is InChI=1S/C15H22FN3O/c1-5-19-13-7-6-11(16)8-12(13)17-14(19)9-18(4)10-15(2,3)20/h6-8,20H,5,9-10H2,1-4H3. The van der Waals surface area contributed by atoms with Gasteiger partial charge in [-0.1, -0.05) is 0 Å². The van der Waals surface area contributed by atoms with Crippen molar-refractivity contribution in [3.8, 4) is 0 Å². The Kier molecular flexibility index (Phi) is 4.11. The largest absolute Gasteiger partial charge is 0.389 e. The lowest BCUT2D eigenvalue weighted by atomic mass is 10.1. The Hall–Kier alpha value is -1.46. The molecule has 0 unspecified atom stereocenters. The van der Waals surface area contributed by atoms with Crippen LogP contribution < -0.4 is 0 Å². The van der Waals surface area contributed by atoms with Crippen molar-refractivity contribution >= 4 is 11.0 Å². The molecular weight excluding hydrogens is 257 g/mol. The van der Waals surface area contributed by atoms with Crippen LogP contribution in [0.5, 0.6) is 0 Å². The van der Waals surface area contributed by atoms with Gasteiger partial charge in [-0.15, -0.1) is 0 Å². The van der Waals surface area contributed by atoms with Crippen LogP contribution in [0, 0.1) is 5.82 Å². The maximum absolute atomic E-state index is 13.3. The van der Waals surface area contributed by atoms with Crippen molar-refractivity contribution in [3.05, 3.63) is 29.8 Å². The molecule has 4 nitrogen and oxygen atoms in total. The van der Waals surface area contributed by atoms with Crippen molar-refractivity contribution in [1.82, 2.24) is 14.5 Å². The molecule has 0 bridgehead atoms. The third kappa shape index (κ3) is 3.35. The molecule has 0 fully saturated rings. The summed E-state index contributed by atoms with van der Waals surface area (Å²) in [4.78, 5) is 6.53. The van der Waals surface area contributed by atoms with Crippen LogP contribution in [0.2, 0.25) is 0 Å². The average Bonchev–Trinajstić information content (AvgIpc) is 2.62. The number of aromatic nitrogens is 2. The summed E-state index contributed by atoms with van der Waals surface area (Å²) in [6, 6.07) is 4.68. The molecule has 2 rings (SSSR count). The van der Waals surface area contributed by atoms with E-state index < -0.39 is 5.60 Å². The smallest absolute Gasteiger partial charge is 0.125 e. The fourth-order valence-corrected chi connectivity index (χ4v) is 2.58. The molecule has 0 radical (unpaired) electrons. The Morgan fingerprint density at radius 3 is 2.70 bits per heavy atom. The summed E-state index contributed by atoms with van der Waals surface area (Å²) in [6.07, 6.45) is 0. The van der Waals surface area contributed by atoms with Gasteiger partial charge in [0.1, 0.15) is 11.6 Å². The molecule has 5 heteroatoms. The number of hydrogen-bond donors (Lipinski definition) is 1. The molecule has 0 amide bonds. The molecule has 0 atom stereocenters. The van der Waals surface area contributed by atoms with Crippen LogP contribution in [0.15, 0.2) is 18.2 Å². The van der Waals surface area contributed by atoms with E-state index in [1.165, 1.54) is 12.1 Å². The second-order valence-electron chi connectivity index (χ2n) is 5.89. The van der Waals surface area contributed by atoms with E-state index in [1.807, 2.05) is 18.9 Å². The van der Waals surface area contributed by atoms with E-state index in [-0.39, 0.29) is 5.82 Å². The number of benzene rings is 1. The molecule has 0 aliphatic rings. The molecule has 1 heterocycles. The van der Waals surface area contributed by atoms with Crippen molar-refractivity contribution in [1.29, 1.82) is 0 Å². The number of imidazole rings is 1. The summed E-state index contributed by atoms with van der Waals surface area (Å²) >= 11 is 0. The summed E-state index contributed by atoms with van der Waals surface area (Å²) in [6.45, 7) is 7.56. The lowest BCUT2D eigenvalue weighted by Crippen LogP contribution is -2.36. The van der Waals surface area contributed by atoms with Gasteiger partial charge in [-0.25, -0.2) is 9.37 Å². The van der Waals surface area contributed by atoms with Crippen LogP contribution in [-0.2, 0) is 13.1 Å². The van der Waals surface area contributed by atoms with Crippen molar-refractivity contribution in [2.45, 2.75) is 39.5 Å². The quantitative estimate of drug-likeness (QED) is 0.913. The summed E-state index contributed by atoms with van der Waals surface area (Å²) in [7, 11) is 1.94. The Labute approximate surface area is 118 Å². The second kappa shape index (κ2) is 5.50. The number of aryl methyl sites for hydroxylation is 1. The second-order valence-corrected chi connectivity index (χ2v) is 5.89. The number of fused-ring (bicyclic) bond motifs is 1. The Morgan fingerprint density at radius 2 is 2.10 bits per heavy atom. The molecule has 1 aromatic heterocycles. The minimum absolute atomic E-state index is 0.269. The van der Waals surface area contributed by atoms with E-state index in [9.17, 15) is 9.50 Å². The Morgan fingerprint density at radius 1 is 1.40 bits per heavy atom. The zero-order valence-corrected chi connectivity index (χ0v) is 12.5. The van der Waals surface area contributed by atoms with E-state index in [0.717, 1.165) is 17.9 Å². The van der Waals surface area contributed by atoms with Gasteiger partial charge in [-0.05, 0) is 40.0 Å². The molecule has 1 N–H and O–H groups in total. The van der Waals surface area contributed by atoms with E-state index >= 15 is 0 Å². The number of aliphatic hydroxyl groups is 1. The van der Waals surface area contributed by atoms with Gasteiger partial charge >= 0.3 is 0 Å².